The van der Waals surface area contributed by atoms with E-state index in [-0.39, 0.29) is 12.5 Å². The van der Waals surface area contributed by atoms with Crippen LogP contribution in [-0.4, -0.2) is 37.0 Å². The molecule has 5 nitrogen and oxygen atoms in total. The molecule has 0 aromatic heterocycles. The Bertz CT molecular complexity index is 1630. The van der Waals surface area contributed by atoms with E-state index in [0.717, 1.165) is 58.0 Å². The molecule has 0 spiro atoms. The molecule has 8 heteroatoms. The molecule has 0 heterocycles. The van der Waals surface area contributed by atoms with Crippen LogP contribution in [0.15, 0.2) is 78.9 Å². The molecule has 0 radical (unpaired) electrons. The second-order valence-corrected chi connectivity index (χ2v) is 12.3. The van der Waals surface area contributed by atoms with Gasteiger partial charge in [0, 0.05) is 30.4 Å². The van der Waals surface area contributed by atoms with E-state index in [1.54, 1.807) is 17.8 Å². The summed E-state index contributed by atoms with van der Waals surface area (Å²) < 4.78 is 33.6. The summed E-state index contributed by atoms with van der Waals surface area (Å²) in [4.78, 5) is 28.4. The number of para-hydroxylation sites is 1. The van der Waals surface area contributed by atoms with Crippen LogP contribution in [0.3, 0.4) is 0 Å². The summed E-state index contributed by atoms with van der Waals surface area (Å²) in [5, 5.41) is 2.90. The molecule has 242 valence electrons. The summed E-state index contributed by atoms with van der Waals surface area (Å²) in [6, 6.07) is 22.7. The Balaban J connectivity index is 1.81. The molecule has 0 saturated carbocycles. The molecule has 0 aliphatic heterocycles. The monoisotopic (exact) mass is 644 g/mol. The highest BCUT2D eigenvalue weighted by Gasteiger charge is 2.24. The van der Waals surface area contributed by atoms with Gasteiger partial charge < -0.3 is 15.0 Å². The standard InChI is InChI=1S/C38H42F2N2O3S/c1-6-28-12-10-13-29(7-2)36(28)42(24-27-19-30(39)22-31(40)20-27)23-26-15-16-33(34(21-26)32-14-9-8-11-25(32)3)37(43)41-35(17-18-46-5)38(44)45-4/h8-16,19-22,35H,6-7,17-18,23-24H2,1-5H3,(H,41,43). The molecule has 4 aromatic carbocycles. The summed E-state index contributed by atoms with van der Waals surface area (Å²) in [6.45, 7) is 6.92. The number of ether oxygens (including phenoxy) is 1. The zero-order valence-corrected chi connectivity index (χ0v) is 28.0. The molecule has 0 bridgehead atoms. The Labute approximate surface area is 275 Å². The second-order valence-electron chi connectivity index (χ2n) is 11.3. The van der Waals surface area contributed by atoms with Gasteiger partial charge in [-0.3, -0.25) is 4.79 Å². The molecular formula is C38H42F2N2O3S. The summed E-state index contributed by atoms with van der Waals surface area (Å²) >= 11 is 1.59. The first kappa shape index (κ1) is 34.7. The number of methoxy groups -OCH3 is 1. The molecule has 0 saturated heterocycles. The van der Waals surface area contributed by atoms with Gasteiger partial charge in [-0.15, -0.1) is 0 Å². The number of amides is 1. The molecule has 46 heavy (non-hydrogen) atoms. The maximum Gasteiger partial charge on any atom is 0.328 e. The topological polar surface area (TPSA) is 58.6 Å². The number of aryl methyl sites for hydroxylation is 3. The number of rotatable bonds is 14. The van der Waals surface area contributed by atoms with Crippen molar-refractivity contribution >= 4 is 29.3 Å². The van der Waals surface area contributed by atoms with Gasteiger partial charge in [-0.1, -0.05) is 62.4 Å². The van der Waals surface area contributed by atoms with Crippen LogP contribution in [0.4, 0.5) is 14.5 Å². The van der Waals surface area contributed by atoms with Crippen LogP contribution in [0, 0.1) is 18.6 Å². The average Bonchev–Trinajstić information content (AvgIpc) is 3.05. The Morgan fingerprint density at radius 3 is 2.11 bits per heavy atom. The van der Waals surface area contributed by atoms with Crippen LogP contribution in [0.5, 0.6) is 0 Å². The molecule has 0 fully saturated rings. The predicted molar refractivity (Wildman–Crippen MR) is 184 cm³/mol. The van der Waals surface area contributed by atoms with E-state index in [2.05, 4.69) is 36.2 Å². The Hall–Kier alpha value is -4.17. The number of anilines is 1. The third-order valence-corrected chi connectivity index (χ3v) is 8.76. The number of carbonyl (C=O) groups excluding carboxylic acids is 2. The molecule has 0 aliphatic rings. The van der Waals surface area contributed by atoms with Crippen molar-refractivity contribution in [3.63, 3.8) is 0 Å². The predicted octanol–water partition coefficient (Wildman–Crippen LogP) is 8.30. The molecule has 4 rings (SSSR count). The number of nitrogens with one attached hydrogen (secondary N) is 1. The molecule has 4 aromatic rings. The van der Waals surface area contributed by atoms with Gasteiger partial charge in [0.05, 0.1) is 7.11 Å². The largest absolute Gasteiger partial charge is 0.467 e. The number of thioether (sulfide) groups is 1. The van der Waals surface area contributed by atoms with Crippen LogP contribution >= 0.6 is 11.8 Å². The Kier molecular flexibility index (Phi) is 12.4. The molecule has 1 unspecified atom stereocenters. The Morgan fingerprint density at radius 2 is 1.50 bits per heavy atom. The highest BCUT2D eigenvalue weighted by atomic mass is 32.2. The summed E-state index contributed by atoms with van der Waals surface area (Å²) in [7, 11) is 1.32. The van der Waals surface area contributed by atoms with Crippen LogP contribution in [0.2, 0.25) is 0 Å². The van der Waals surface area contributed by atoms with Crippen molar-refractivity contribution in [1.82, 2.24) is 5.32 Å². The third kappa shape index (κ3) is 8.55. The molecule has 0 aliphatic carbocycles. The van der Waals surface area contributed by atoms with E-state index in [1.807, 2.05) is 55.6 Å². The van der Waals surface area contributed by atoms with Crippen molar-refractivity contribution in [3.05, 3.63) is 124 Å². The molecule has 1 N–H and O–H groups in total. The van der Waals surface area contributed by atoms with Crippen LogP contribution in [0.25, 0.3) is 11.1 Å². The van der Waals surface area contributed by atoms with Crippen LogP contribution in [0.1, 0.15) is 58.4 Å². The van der Waals surface area contributed by atoms with Gasteiger partial charge in [0.15, 0.2) is 0 Å². The van der Waals surface area contributed by atoms with E-state index in [9.17, 15) is 18.4 Å². The zero-order valence-electron chi connectivity index (χ0n) is 27.2. The van der Waals surface area contributed by atoms with Crippen molar-refractivity contribution in [3.8, 4) is 11.1 Å². The van der Waals surface area contributed by atoms with Gasteiger partial charge in [0.25, 0.3) is 5.91 Å². The van der Waals surface area contributed by atoms with E-state index < -0.39 is 23.6 Å². The smallest absolute Gasteiger partial charge is 0.328 e. The normalized spacial score (nSPS) is 11.6. The maximum absolute atomic E-state index is 14.3. The number of nitrogens with zero attached hydrogens (tertiary/aromatic N) is 1. The van der Waals surface area contributed by atoms with Crippen molar-refractivity contribution in [2.24, 2.45) is 0 Å². The highest BCUT2D eigenvalue weighted by molar-refractivity contribution is 7.98. The zero-order chi connectivity index (χ0) is 33.2. The lowest BCUT2D eigenvalue weighted by molar-refractivity contribution is -0.142. The van der Waals surface area contributed by atoms with Crippen molar-refractivity contribution in [2.45, 2.75) is 59.2 Å². The number of carbonyl (C=O) groups is 2. The van der Waals surface area contributed by atoms with Crippen molar-refractivity contribution in [1.29, 1.82) is 0 Å². The summed E-state index contributed by atoms with van der Waals surface area (Å²) in [6.07, 6.45) is 3.98. The summed E-state index contributed by atoms with van der Waals surface area (Å²) in [5.41, 5.74) is 7.86. The molecular weight excluding hydrogens is 602 g/mol. The van der Waals surface area contributed by atoms with Gasteiger partial charge in [0.1, 0.15) is 17.7 Å². The van der Waals surface area contributed by atoms with E-state index in [4.69, 9.17) is 4.74 Å². The van der Waals surface area contributed by atoms with Gasteiger partial charge in [-0.25, -0.2) is 13.6 Å². The highest BCUT2D eigenvalue weighted by Crippen LogP contribution is 2.33. The lowest BCUT2D eigenvalue weighted by Gasteiger charge is -2.30. The lowest BCUT2D eigenvalue weighted by atomic mass is 9.93. The minimum atomic E-state index is -0.769. The fourth-order valence-corrected chi connectivity index (χ4v) is 6.30. The van der Waals surface area contributed by atoms with E-state index in [0.29, 0.717) is 29.8 Å². The van der Waals surface area contributed by atoms with Gasteiger partial charge in [0.2, 0.25) is 0 Å². The molecule has 1 atom stereocenters. The molecule has 1 amide bonds. The average molecular weight is 645 g/mol. The van der Waals surface area contributed by atoms with Gasteiger partial charge >= 0.3 is 5.97 Å². The number of hydrogen-bond donors (Lipinski definition) is 1. The second kappa shape index (κ2) is 16.4. The summed E-state index contributed by atoms with van der Waals surface area (Å²) in [5.74, 6) is -1.39. The first-order valence-corrected chi connectivity index (χ1v) is 17.0. The minimum Gasteiger partial charge on any atom is -0.467 e. The maximum atomic E-state index is 14.3. The van der Waals surface area contributed by atoms with Crippen LogP contribution in [-0.2, 0) is 35.5 Å². The Morgan fingerprint density at radius 1 is 0.848 bits per heavy atom. The van der Waals surface area contributed by atoms with E-state index >= 15 is 0 Å². The number of hydrogen-bond acceptors (Lipinski definition) is 5. The minimum absolute atomic E-state index is 0.289. The fourth-order valence-electron chi connectivity index (χ4n) is 5.83. The first-order valence-electron chi connectivity index (χ1n) is 15.6. The lowest BCUT2D eigenvalue weighted by Crippen LogP contribution is -2.42. The van der Waals surface area contributed by atoms with E-state index in [1.165, 1.54) is 19.2 Å². The van der Waals surface area contributed by atoms with Gasteiger partial charge in [-0.05, 0) is 101 Å². The fraction of sp³-hybridized carbons (Fsp3) is 0.316. The number of benzene rings is 4. The third-order valence-electron chi connectivity index (χ3n) is 8.12. The van der Waals surface area contributed by atoms with Crippen molar-refractivity contribution < 1.29 is 23.1 Å². The first-order chi connectivity index (χ1) is 22.2. The quantitative estimate of drug-likeness (QED) is 0.140. The number of esters is 1. The van der Waals surface area contributed by atoms with Crippen molar-refractivity contribution in [2.75, 3.05) is 24.0 Å². The number of halogens is 2. The SMILES string of the molecule is CCc1cccc(CC)c1N(Cc1cc(F)cc(F)c1)Cc1ccc(C(=O)NC(CCSC)C(=O)OC)c(-c2ccccc2C)c1. The van der Waals surface area contributed by atoms with Crippen LogP contribution < -0.4 is 10.2 Å². The van der Waals surface area contributed by atoms with Gasteiger partial charge in [-0.2, -0.15) is 11.8 Å².